The van der Waals surface area contributed by atoms with Gasteiger partial charge >= 0.3 is 5.97 Å². The minimum absolute atomic E-state index is 0.185. The molecule has 0 aliphatic rings. The van der Waals surface area contributed by atoms with E-state index in [0.29, 0.717) is 5.39 Å². The number of carbonyl (C=O) groups is 1. The Bertz CT molecular complexity index is 844. The molecule has 2 heterocycles. The summed E-state index contributed by atoms with van der Waals surface area (Å²) in [4.78, 5) is 25.8. The van der Waals surface area contributed by atoms with Crippen LogP contribution in [0.1, 0.15) is 15.2 Å². The number of hydrogen-bond donors (Lipinski definition) is 2. The fraction of sp³-hybridized carbons (Fsp3) is 0.0769. The number of benzene rings is 1. The van der Waals surface area contributed by atoms with Gasteiger partial charge in [-0.25, -0.2) is 4.79 Å². The van der Waals surface area contributed by atoms with Gasteiger partial charge in [0.15, 0.2) is 0 Å². The van der Waals surface area contributed by atoms with Crippen LogP contribution in [0.2, 0.25) is 0 Å². The highest BCUT2D eigenvalue weighted by molar-refractivity contribution is 7.21. The molecule has 0 radical (unpaired) electrons. The molecule has 5 heteroatoms. The van der Waals surface area contributed by atoms with Crippen molar-refractivity contribution < 1.29 is 9.90 Å². The summed E-state index contributed by atoms with van der Waals surface area (Å²) in [5, 5.41) is 10.3. The third-order valence-electron chi connectivity index (χ3n) is 2.86. The molecule has 2 N–H and O–H groups in total. The van der Waals surface area contributed by atoms with Crippen LogP contribution in [0.3, 0.4) is 0 Å². The second kappa shape index (κ2) is 3.68. The van der Waals surface area contributed by atoms with E-state index in [9.17, 15) is 9.59 Å². The van der Waals surface area contributed by atoms with Crippen molar-refractivity contribution in [2.24, 2.45) is 0 Å². The van der Waals surface area contributed by atoms with Crippen LogP contribution in [0, 0.1) is 6.92 Å². The van der Waals surface area contributed by atoms with E-state index in [4.69, 9.17) is 5.11 Å². The van der Waals surface area contributed by atoms with Crippen molar-refractivity contribution in [1.82, 2.24) is 4.98 Å². The number of aromatic nitrogens is 1. The second-order valence-electron chi connectivity index (χ2n) is 4.16. The molecular weight excluding hydrogens is 250 g/mol. The van der Waals surface area contributed by atoms with Gasteiger partial charge in [0.05, 0.1) is 10.1 Å². The fourth-order valence-corrected chi connectivity index (χ4v) is 3.03. The van der Waals surface area contributed by atoms with Crippen LogP contribution >= 0.6 is 11.3 Å². The Balaban J connectivity index is 2.55. The molecule has 0 saturated heterocycles. The summed E-state index contributed by atoms with van der Waals surface area (Å²) in [6, 6.07) is 7.14. The second-order valence-corrected chi connectivity index (χ2v) is 5.21. The van der Waals surface area contributed by atoms with Crippen LogP contribution < -0.4 is 5.56 Å². The highest BCUT2D eigenvalue weighted by Crippen LogP contribution is 2.29. The molecule has 0 fully saturated rings. The Morgan fingerprint density at radius 1 is 1.28 bits per heavy atom. The van der Waals surface area contributed by atoms with Crippen LogP contribution in [0.15, 0.2) is 29.1 Å². The zero-order valence-corrected chi connectivity index (χ0v) is 10.3. The molecule has 90 valence electrons. The summed E-state index contributed by atoms with van der Waals surface area (Å²) in [6.45, 7) is 1.96. The maximum atomic E-state index is 11.9. The maximum absolute atomic E-state index is 11.9. The van der Waals surface area contributed by atoms with E-state index in [-0.39, 0.29) is 10.4 Å². The number of aromatic carboxylic acids is 1. The van der Waals surface area contributed by atoms with Gasteiger partial charge in [0.1, 0.15) is 4.88 Å². The van der Waals surface area contributed by atoms with Gasteiger partial charge in [-0.05, 0) is 25.1 Å². The summed E-state index contributed by atoms with van der Waals surface area (Å²) in [5.74, 6) is -1.00. The van der Waals surface area contributed by atoms with Crippen molar-refractivity contribution in [3.8, 4) is 0 Å². The van der Waals surface area contributed by atoms with E-state index >= 15 is 0 Å². The van der Waals surface area contributed by atoms with Crippen LogP contribution in [0.25, 0.3) is 21.0 Å². The van der Waals surface area contributed by atoms with E-state index in [1.165, 1.54) is 6.07 Å². The first kappa shape index (κ1) is 11.0. The van der Waals surface area contributed by atoms with Crippen LogP contribution in [0.4, 0.5) is 0 Å². The molecule has 18 heavy (non-hydrogen) atoms. The average molecular weight is 259 g/mol. The highest BCUT2D eigenvalue weighted by atomic mass is 32.1. The standard InChI is InChI=1S/C13H9NO3S/c1-6-2-3-9-7(4-6)11-8(12(15)14-9)5-10(18-11)13(16)17/h2-5H,1H3,(H,14,15)(H,16,17). The Hall–Kier alpha value is -2.14. The SMILES string of the molecule is Cc1ccc2[nH]c(=O)c3cc(C(=O)O)sc3c2c1. The molecule has 2 aromatic heterocycles. The number of fused-ring (bicyclic) bond motifs is 3. The number of hydrogen-bond acceptors (Lipinski definition) is 3. The Kier molecular flexibility index (Phi) is 2.24. The monoisotopic (exact) mass is 259 g/mol. The van der Waals surface area contributed by atoms with Gasteiger partial charge in [-0.3, -0.25) is 4.79 Å². The number of aromatic amines is 1. The summed E-state index contributed by atoms with van der Waals surface area (Å²) >= 11 is 1.14. The number of carboxylic acid groups (broad SMARTS) is 1. The summed E-state index contributed by atoms with van der Waals surface area (Å²) in [7, 11) is 0. The van der Waals surface area contributed by atoms with Gasteiger partial charge in [-0.15, -0.1) is 11.3 Å². The molecule has 3 rings (SSSR count). The van der Waals surface area contributed by atoms with Gasteiger partial charge in [0.2, 0.25) is 0 Å². The lowest BCUT2D eigenvalue weighted by molar-refractivity contribution is 0.0702. The lowest BCUT2D eigenvalue weighted by atomic mass is 10.1. The minimum Gasteiger partial charge on any atom is -0.477 e. The van der Waals surface area contributed by atoms with E-state index in [1.807, 2.05) is 25.1 Å². The smallest absolute Gasteiger partial charge is 0.345 e. The maximum Gasteiger partial charge on any atom is 0.345 e. The molecule has 1 aromatic carbocycles. The molecule has 0 atom stereocenters. The summed E-state index contributed by atoms with van der Waals surface area (Å²) < 4.78 is 0.731. The minimum atomic E-state index is -1.00. The first-order chi connectivity index (χ1) is 8.56. The van der Waals surface area contributed by atoms with E-state index in [0.717, 1.165) is 32.5 Å². The van der Waals surface area contributed by atoms with Gasteiger partial charge in [0.25, 0.3) is 5.56 Å². The Labute approximate surface area is 106 Å². The van der Waals surface area contributed by atoms with Crippen LogP contribution in [-0.4, -0.2) is 16.1 Å². The van der Waals surface area contributed by atoms with E-state index in [1.54, 1.807) is 0 Å². The first-order valence-corrected chi connectivity index (χ1v) is 6.17. The number of nitrogens with one attached hydrogen (secondary N) is 1. The number of aryl methyl sites for hydroxylation is 1. The third kappa shape index (κ3) is 1.52. The van der Waals surface area contributed by atoms with E-state index in [2.05, 4.69) is 4.98 Å². The normalized spacial score (nSPS) is 11.2. The van der Waals surface area contributed by atoms with Crippen LogP contribution in [-0.2, 0) is 0 Å². The molecule has 0 spiro atoms. The van der Waals surface area contributed by atoms with Crippen LogP contribution in [0.5, 0.6) is 0 Å². The van der Waals surface area contributed by atoms with E-state index < -0.39 is 5.97 Å². The zero-order valence-electron chi connectivity index (χ0n) is 9.48. The lowest BCUT2D eigenvalue weighted by Crippen LogP contribution is -2.04. The molecule has 0 aliphatic carbocycles. The van der Waals surface area contributed by atoms with Crippen molar-refractivity contribution in [3.05, 3.63) is 45.1 Å². The molecule has 0 saturated carbocycles. The van der Waals surface area contributed by atoms with Gasteiger partial charge in [-0.1, -0.05) is 11.6 Å². The fourth-order valence-electron chi connectivity index (χ4n) is 2.01. The first-order valence-electron chi connectivity index (χ1n) is 5.36. The molecule has 3 aromatic rings. The number of carboxylic acids is 1. The lowest BCUT2D eigenvalue weighted by Gasteiger charge is -2.00. The van der Waals surface area contributed by atoms with Gasteiger partial charge < -0.3 is 10.1 Å². The number of rotatable bonds is 1. The largest absolute Gasteiger partial charge is 0.477 e. The van der Waals surface area contributed by atoms with Crippen molar-refractivity contribution >= 4 is 38.3 Å². The molecular formula is C13H9NO3S. The van der Waals surface area contributed by atoms with Crippen molar-refractivity contribution in [1.29, 1.82) is 0 Å². The molecule has 0 bridgehead atoms. The average Bonchev–Trinajstić information content (AvgIpc) is 2.76. The Morgan fingerprint density at radius 3 is 2.78 bits per heavy atom. The van der Waals surface area contributed by atoms with Crippen molar-refractivity contribution in [3.63, 3.8) is 0 Å². The molecule has 0 aliphatic heterocycles. The Morgan fingerprint density at radius 2 is 2.06 bits per heavy atom. The topological polar surface area (TPSA) is 70.2 Å². The predicted octanol–water partition coefficient (Wildman–Crippen LogP) is 2.75. The van der Waals surface area contributed by atoms with Crippen molar-refractivity contribution in [2.45, 2.75) is 6.92 Å². The molecule has 0 unspecified atom stereocenters. The third-order valence-corrected chi connectivity index (χ3v) is 4.01. The number of thiophene rings is 1. The summed E-state index contributed by atoms with van der Waals surface area (Å²) in [6.07, 6.45) is 0. The van der Waals surface area contributed by atoms with Gasteiger partial charge in [-0.2, -0.15) is 0 Å². The molecule has 4 nitrogen and oxygen atoms in total. The quantitative estimate of drug-likeness (QED) is 0.706. The van der Waals surface area contributed by atoms with Gasteiger partial charge in [0, 0.05) is 10.9 Å². The summed E-state index contributed by atoms with van der Waals surface area (Å²) in [5.41, 5.74) is 1.56. The number of pyridine rings is 1. The zero-order chi connectivity index (χ0) is 12.9. The number of H-pyrrole nitrogens is 1. The highest BCUT2D eigenvalue weighted by Gasteiger charge is 2.13. The molecule has 0 amide bonds. The van der Waals surface area contributed by atoms with Crippen molar-refractivity contribution in [2.75, 3.05) is 0 Å². The predicted molar refractivity (Wildman–Crippen MR) is 71.6 cm³/mol.